The highest BCUT2D eigenvalue weighted by molar-refractivity contribution is 7.87. The number of alkyl halides is 3. The van der Waals surface area contributed by atoms with E-state index < -0.39 is 27.2 Å². The highest BCUT2D eigenvalue weighted by Crippen LogP contribution is 2.29. The van der Waals surface area contributed by atoms with Crippen LogP contribution in [0.1, 0.15) is 12.5 Å². The second kappa shape index (κ2) is 5.43. The smallest absolute Gasteiger partial charge is 0.375 e. The Kier molecular flexibility index (Phi) is 4.35. The van der Waals surface area contributed by atoms with E-state index in [-0.39, 0.29) is 5.56 Å². The number of carbonyl (C=O) groups excluding carboxylic acids is 1. The maximum atomic E-state index is 12.2. The fraction of sp³-hybridized carbons (Fsp3) is 0.182. The average molecular weight is 294 g/mol. The Labute approximate surface area is 107 Å². The molecule has 0 heterocycles. The summed E-state index contributed by atoms with van der Waals surface area (Å²) in [5.74, 6) is -1.32. The van der Waals surface area contributed by atoms with Gasteiger partial charge in [0, 0.05) is 11.6 Å². The van der Waals surface area contributed by atoms with Gasteiger partial charge >= 0.3 is 15.6 Å². The summed E-state index contributed by atoms with van der Waals surface area (Å²) in [6, 6.07) is 7.15. The van der Waals surface area contributed by atoms with E-state index in [4.69, 9.17) is 0 Å². The zero-order valence-corrected chi connectivity index (χ0v) is 10.5. The number of hydrogen-bond donors (Lipinski definition) is 0. The Bertz CT molecular complexity index is 588. The molecule has 0 spiro atoms. The van der Waals surface area contributed by atoms with E-state index in [9.17, 15) is 26.4 Å². The molecule has 8 heteroatoms. The minimum absolute atomic E-state index is 0.0468. The number of ketones is 1. The van der Waals surface area contributed by atoms with Crippen LogP contribution in [0.3, 0.4) is 0 Å². The Balaban J connectivity index is 3.20. The third kappa shape index (κ3) is 4.09. The van der Waals surface area contributed by atoms with Crippen LogP contribution in [-0.2, 0) is 19.1 Å². The van der Waals surface area contributed by atoms with Crippen molar-refractivity contribution in [2.45, 2.75) is 12.4 Å². The largest absolute Gasteiger partial charge is 0.534 e. The zero-order valence-electron chi connectivity index (χ0n) is 9.64. The molecule has 4 nitrogen and oxygen atoms in total. The van der Waals surface area contributed by atoms with Crippen molar-refractivity contribution in [1.82, 2.24) is 0 Å². The van der Waals surface area contributed by atoms with E-state index in [1.165, 1.54) is 24.3 Å². The fourth-order valence-electron chi connectivity index (χ4n) is 1.11. The van der Waals surface area contributed by atoms with Gasteiger partial charge in [0.1, 0.15) is 0 Å². The summed E-state index contributed by atoms with van der Waals surface area (Å²) in [6.45, 7) is 1.06. The van der Waals surface area contributed by atoms with E-state index in [0.29, 0.717) is 6.08 Å². The molecule has 0 aromatic heterocycles. The lowest BCUT2D eigenvalue weighted by Crippen LogP contribution is -2.25. The predicted octanol–water partition coefficient (Wildman–Crippen LogP) is 2.48. The second-order valence-corrected chi connectivity index (χ2v) is 5.01. The van der Waals surface area contributed by atoms with Crippen molar-refractivity contribution >= 4 is 21.7 Å². The van der Waals surface area contributed by atoms with Gasteiger partial charge in [-0.3, -0.25) is 4.79 Å². The molecule has 0 aliphatic carbocycles. The van der Waals surface area contributed by atoms with Crippen LogP contribution in [0.15, 0.2) is 36.4 Å². The van der Waals surface area contributed by atoms with Crippen LogP contribution in [0.2, 0.25) is 0 Å². The molecular weight excluding hydrogens is 285 g/mol. The summed E-state index contributed by atoms with van der Waals surface area (Å²) in [4.78, 5) is 10.9. The van der Waals surface area contributed by atoms with E-state index in [0.717, 1.165) is 6.92 Å². The first-order valence-corrected chi connectivity index (χ1v) is 6.33. The first-order chi connectivity index (χ1) is 8.63. The van der Waals surface area contributed by atoms with Crippen LogP contribution in [0.5, 0.6) is 0 Å². The van der Waals surface area contributed by atoms with E-state index in [1.54, 1.807) is 6.07 Å². The van der Waals surface area contributed by atoms with E-state index in [2.05, 4.69) is 4.18 Å². The van der Waals surface area contributed by atoms with Crippen LogP contribution < -0.4 is 0 Å². The Hall–Kier alpha value is -1.83. The number of halogens is 3. The van der Waals surface area contributed by atoms with Crippen molar-refractivity contribution in [2.24, 2.45) is 0 Å². The molecule has 1 rings (SSSR count). The number of carbonyl (C=O) groups is 1. The maximum Gasteiger partial charge on any atom is 0.534 e. The van der Waals surface area contributed by atoms with Crippen LogP contribution >= 0.6 is 0 Å². The monoisotopic (exact) mass is 294 g/mol. The summed E-state index contributed by atoms with van der Waals surface area (Å²) in [7, 11) is -5.81. The highest BCUT2D eigenvalue weighted by Gasteiger charge is 2.49. The van der Waals surface area contributed by atoms with Gasteiger partial charge in [-0.2, -0.15) is 21.6 Å². The molecule has 0 aliphatic heterocycles. The molecule has 0 saturated carbocycles. The number of hydrogen-bond acceptors (Lipinski definition) is 4. The topological polar surface area (TPSA) is 60.4 Å². The van der Waals surface area contributed by atoms with Gasteiger partial charge in [-0.05, 0) is 6.92 Å². The molecule has 19 heavy (non-hydrogen) atoms. The standard InChI is InChI=1S/C11H9F3O4S/c1-8(15)7-10(9-5-3-2-4-6-9)18-19(16,17)11(12,13)14/h2-7H,1H3/b10-7-. The second-order valence-electron chi connectivity index (χ2n) is 3.47. The van der Waals surface area contributed by atoms with Gasteiger partial charge in [-0.25, -0.2) is 0 Å². The quantitative estimate of drug-likeness (QED) is 0.370. The number of allylic oxidation sites excluding steroid dienone is 1. The first kappa shape index (κ1) is 15.2. The van der Waals surface area contributed by atoms with E-state index in [1.807, 2.05) is 0 Å². The molecule has 0 bridgehead atoms. The van der Waals surface area contributed by atoms with Crippen molar-refractivity contribution in [1.29, 1.82) is 0 Å². The van der Waals surface area contributed by atoms with Crippen molar-refractivity contribution < 1.29 is 30.6 Å². The molecule has 0 amide bonds. The van der Waals surface area contributed by atoms with Crippen LogP contribution in [-0.4, -0.2) is 19.7 Å². The van der Waals surface area contributed by atoms with Gasteiger partial charge in [-0.1, -0.05) is 30.3 Å². The normalized spacial score (nSPS) is 13.2. The number of rotatable bonds is 4. The lowest BCUT2D eigenvalue weighted by Gasteiger charge is -2.12. The van der Waals surface area contributed by atoms with Crippen LogP contribution in [0.25, 0.3) is 5.76 Å². The molecule has 0 fully saturated rings. The maximum absolute atomic E-state index is 12.2. The summed E-state index contributed by atoms with van der Waals surface area (Å²) in [6.07, 6.45) is 0.679. The molecule has 0 saturated heterocycles. The minimum atomic E-state index is -5.81. The van der Waals surface area contributed by atoms with Crippen molar-refractivity contribution in [2.75, 3.05) is 0 Å². The summed E-state index contributed by atoms with van der Waals surface area (Å²) in [5, 5.41) is 0. The summed E-state index contributed by atoms with van der Waals surface area (Å²) < 4.78 is 62.5. The van der Waals surface area contributed by atoms with Crippen molar-refractivity contribution in [3.63, 3.8) is 0 Å². The molecule has 1 aromatic carbocycles. The third-order valence-electron chi connectivity index (χ3n) is 1.88. The zero-order chi connectivity index (χ0) is 14.7. The predicted molar refractivity (Wildman–Crippen MR) is 61.2 cm³/mol. The van der Waals surface area contributed by atoms with Crippen molar-refractivity contribution in [3.05, 3.63) is 42.0 Å². The van der Waals surface area contributed by atoms with Gasteiger partial charge in [-0.15, -0.1) is 0 Å². The molecule has 0 radical (unpaired) electrons. The molecule has 1 aromatic rings. The lowest BCUT2D eigenvalue weighted by atomic mass is 10.1. The fourth-order valence-corrected chi connectivity index (χ4v) is 1.58. The van der Waals surface area contributed by atoms with Crippen molar-refractivity contribution in [3.8, 4) is 0 Å². The van der Waals surface area contributed by atoms with Gasteiger partial charge in [0.05, 0.1) is 0 Å². The molecule has 0 unspecified atom stereocenters. The Morgan fingerprint density at radius 3 is 2.16 bits per heavy atom. The Morgan fingerprint density at radius 2 is 1.74 bits per heavy atom. The lowest BCUT2D eigenvalue weighted by molar-refractivity contribution is -0.112. The summed E-state index contributed by atoms with van der Waals surface area (Å²) >= 11 is 0. The average Bonchev–Trinajstić information content (AvgIpc) is 2.27. The minimum Gasteiger partial charge on any atom is -0.375 e. The van der Waals surface area contributed by atoms with Gasteiger partial charge in [0.2, 0.25) is 0 Å². The molecule has 0 aliphatic rings. The number of benzene rings is 1. The molecule has 104 valence electrons. The van der Waals surface area contributed by atoms with Gasteiger partial charge in [0.25, 0.3) is 0 Å². The highest BCUT2D eigenvalue weighted by atomic mass is 32.2. The van der Waals surface area contributed by atoms with Gasteiger partial charge < -0.3 is 4.18 Å². The molecule has 0 atom stereocenters. The third-order valence-corrected chi connectivity index (χ3v) is 2.84. The van der Waals surface area contributed by atoms with E-state index >= 15 is 0 Å². The van der Waals surface area contributed by atoms with Gasteiger partial charge in [0.15, 0.2) is 11.5 Å². The Morgan fingerprint density at radius 1 is 1.21 bits per heavy atom. The molecule has 0 N–H and O–H groups in total. The molecular formula is C11H9F3O4S. The van der Waals surface area contributed by atoms with Crippen LogP contribution in [0.4, 0.5) is 13.2 Å². The SMILES string of the molecule is CC(=O)/C=C(\OS(=O)(=O)C(F)(F)F)c1ccccc1. The summed E-state index contributed by atoms with van der Waals surface area (Å²) in [5.41, 5.74) is -5.51. The first-order valence-electron chi connectivity index (χ1n) is 4.92. The van der Waals surface area contributed by atoms with Crippen LogP contribution in [0, 0.1) is 0 Å².